The van der Waals surface area contributed by atoms with Crippen LogP contribution in [0, 0.1) is 6.92 Å². The number of amides is 1. The summed E-state index contributed by atoms with van der Waals surface area (Å²) in [5, 5.41) is 12.3. The summed E-state index contributed by atoms with van der Waals surface area (Å²) in [7, 11) is 0. The molecule has 6 nitrogen and oxygen atoms in total. The number of furan rings is 1. The van der Waals surface area contributed by atoms with Crippen LogP contribution in [-0.4, -0.2) is 35.0 Å². The van der Waals surface area contributed by atoms with Gasteiger partial charge in [0.1, 0.15) is 24.2 Å². The van der Waals surface area contributed by atoms with Crippen molar-refractivity contribution in [2.45, 2.75) is 52.4 Å². The van der Waals surface area contributed by atoms with E-state index in [4.69, 9.17) is 9.15 Å². The van der Waals surface area contributed by atoms with Gasteiger partial charge in [-0.3, -0.25) is 4.79 Å². The summed E-state index contributed by atoms with van der Waals surface area (Å²) in [6.45, 7) is 6.97. The number of benzene rings is 3. The summed E-state index contributed by atoms with van der Waals surface area (Å²) in [6, 6.07) is 24.7. The van der Waals surface area contributed by atoms with E-state index >= 15 is 0 Å². The summed E-state index contributed by atoms with van der Waals surface area (Å²) >= 11 is 1.55. The Morgan fingerprint density at radius 1 is 0.951 bits per heavy atom. The van der Waals surface area contributed by atoms with Gasteiger partial charge in [-0.05, 0) is 83.4 Å². The lowest BCUT2D eigenvalue weighted by Crippen LogP contribution is -2.41. The first-order valence-corrected chi connectivity index (χ1v) is 15.1. The summed E-state index contributed by atoms with van der Waals surface area (Å²) in [4.78, 5) is 25.0. The molecule has 7 heteroatoms. The quantitative estimate of drug-likeness (QED) is 0.171. The molecule has 214 valence electrons. The number of thioether (sulfide) groups is 1. The third kappa shape index (κ3) is 7.90. The van der Waals surface area contributed by atoms with Gasteiger partial charge in [-0.2, -0.15) is 11.8 Å². The number of hydrogen-bond acceptors (Lipinski definition) is 5. The van der Waals surface area contributed by atoms with Gasteiger partial charge < -0.3 is 19.6 Å². The van der Waals surface area contributed by atoms with Crippen LogP contribution in [0.2, 0.25) is 0 Å². The average Bonchev–Trinajstić information content (AvgIpc) is 3.44. The van der Waals surface area contributed by atoms with Crippen LogP contribution in [0.1, 0.15) is 59.0 Å². The Morgan fingerprint density at radius 3 is 2.39 bits per heavy atom. The van der Waals surface area contributed by atoms with Crippen LogP contribution in [0.15, 0.2) is 83.3 Å². The molecule has 41 heavy (non-hydrogen) atoms. The molecule has 0 saturated carbocycles. The molecule has 1 heterocycles. The van der Waals surface area contributed by atoms with Crippen LogP contribution in [0.25, 0.3) is 22.5 Å². The normalized spacial score (nSPS) is 11.9. The molecule has 0 saturated heterocycles. The minimum atomic E-state index is -1.04. The fourth-order valence-electron chi connectivity index (χ4n) is 4.62. The van der Waals surface area contributed by atoms with Crippen molar-refractivity contribution in [1.29, 1.82) is 0 Å². The molecule has 0 spiro atoms. The number of hydrogen-bond donors (Lipinski definition) is 2. The Labute approximate surface area is 246 Å². The zero-order valence-electron chi connectivity index (χ0n) is 24.0. The van der Waals surface area contributed by atoms with Gasteiger partial charge in [-0.25, -0.2) is 4.79 Å². The maximum absolute atomic E-state index is 13.3. The van der Waals surface area contributed by atoms with E-state index in [9.17, 15) is 14.7 Å². The zero-order valence-corrected chi connectivity index (χ0v) is 24.8. The highest BCUT2D eigenvalue weighted by molar-refractivity contribution is 7.98. The molecule has 4 aromatic rings. The van der Waals surface area contributed by atoms with Crippen molar-refractivity contribution in [3.8, 4) is 22.5 Å². The first kappa shape index (κ1) is 30.2. The fourth-order valence-corrected chi connectivity index (χ4v) is 5.09. The van der Waals surface area contributed by atoms with Gasteiger partial charge in [0, 0.05) is 11.1 Å². The lowest BCUT2D eigenvalue weighted by atomic mass is 9.93. The molecule has 0 bridgehead atoms. The number of aryl methyl sites for hydroxylation is 1. The van der Waals surface area contributed by atoms with Crippen LogP contribution in [0.5, 0.6) is 0 Å². The molecule has 4 rings (SSSR count). The summed E-state index contributed by atoms with van der Waals surface area (Å²) in [6.07, 6.45) is 2.26. The maximum Gasteiger partial charge on any atom is 0.326 e. The van der Waals surface area contributed by atoms with E-state index in [-0.39, 0.29) is 0 Å². The number of carboxylic acids is 1. The third-order valence-electron chi connectivity index (χ3n) is 7.01. The van der Waals surface area contributed by atoms with Crippen molar-refractivity contribution in [3.05, 3.63) is 107 Å². The van der Waals surface area contributed by atoms with Crippen molar-refractivity contribution in [1.82, 2.24) is 5.32 Å². The lowest BCUT2D eigenvalue weighted by molar-refractivity contribution is -0.139. The second-order valence-corrected chi connectivity index (χ2v) is 11.4. The van der Waals surface area contributed by atoms with Crippen LogP contribution >= 0.6 is 11.8 Å². The number of nitrogens with one attached hydrogen (secondary N) is 1. The van der Waals surface area contributed by atoms with E-state index in [0.717, 1.165) is 39.3 Å². The average molecular weight is 572 g/mol. The zero-order chi connectivity index (χ0) is 29.4. The highest BCUT2D eigenvalue weighted by Gasteiger charge is 2.23. The Hall–Kier alpha value is -3.81. The molecule has 0 fully saturated rings. The lowest BCUT2D eigenvalue weighted by Gasteiger charge is -2.17. The first-order valence-electron chi connectivity index (χ1n) is 13.7. The molecule has 3 aromatic carbocycles. The topological polar surface area (TPSA) is 88.8 Å². The van der Waals surface area contributed by atoms with Crippen molar-refractivity contribution < 1.29 is 23.8 Å². The second-order valence-electron chi connectivity index (χ2n) is 10.4. The molecule has 0 aliphatic heterocycles. The molecule has 1 atom stereocenters. The standard InChI is InChI=1S/C34H37NO5S/c1-22(2)25-10-12-26(13-11-25)32-16-14-27(40-32)21-39-20-24-9-15-29(30(19-24)28-8-6-5-7-23(28)3)33(36)35-31(34(37)38)17-18-41-4/h5-16,19,22,31H,17-18,20-21H2,1-4H3,(H,35,36)(H,37,38). The number of carbonyl (C=O) groups is 2. The van der Waals surface area contributed by atoms with Gasteiger partial charge >= 0.3 is 5.97 Å². The molecule has 0 aliphatic rings. The maximum atomic E-state index is 13.3. The van der Waals surface area contributed by atoms with Gasteiger partial charge in [-0.15, -0.1) is 0 Å². The van der Waals surface area contributed by atoms with E-state index in [1.807, 2.05) is 61.7 Å². The van der Waals surface area contributed by atoms with Crippen molar-refractivity contribution in [2.24, 2.45) is 0 Å². The highest BCUT2D eigenvalue weighted by Crippen LogP contribution is 2.29. The van der Waals surface area contributed by atoms with Gasteiger partial charge in [-0.1, -0.05) is 68.4 Å². The minimum absolute atomic E-state index is 0.307. The SMILES string of the molecule is CSCCC(NC(=O)c1ccc(COCc2ccc(-c3ccc(C(C)C)cc3)o2)cc1-c1ccccc1C)C(=O)O. The van der Waals surface area contributed by atoms with Gasteiger partial charge in [0.15, 0.2) is 0 Å². The molecule has 0 radical (unpaired) electrons. The number of carboxylic acid groups (broad SMARTS) is 1. The summed E-state index contributed by atoms with van der Waals surface area (Å²) in [5.41, 5.74) is 6.30. The largest absolute Gasteiger partial charge is 0.480 e. The molecule has 1 unspecified atom stereocenters. The Bertz CT molecular complexity index is 1470. The van der Waals surface area contributed by atoms with E-state index in [0.29, 0.717) is 36.9 Å². The van der Waals surface area contributed by atoms with E-state index in [2.05, 4.69) is 43.4 Å². The van der Waals surface area contributed by atoms with E-state index in [1.165, 1.54) is 5.56 Å². The van der Waals surface area contributed by atoms with Crippen LogP contribution in [0.3, 0.4) is 0 Å². The van der Waals surface area contributed by atoms with E-state index in [1.54, 1.807) is 17.8 Å². The summed E-state index contributed by atoms with van der Waals surface area (Å²) < 4.78 is 12.0. The molecule has 1 aromatic heterocycles. The highest BCUT2D eigenvalue weighted by atomic mass is 32.2. The number of rotatable bonds is 13. The molecular weight excluding hydrogens is 534 g/mol. The number of aliphatic carboxylic acids is 1. The number of ether oxygens (including phenoxy) is 1. The predicted molar refractivity (Wildman–Crippen MR) is 165 cm³/mol. The third-order valence-corrected chi connectivity index (χ3v) is 7.66. The van der Waals surface area contributed by atoms with E-state index < -0.39 is 17.9 Å². The second kappa shape index (κ2) is 14.2. The van der Waals surface area contributed by atoms with Gasteiger partial charge in [0.2, 0.25) is 0 Å². The monoisotopic (exact) mass is 571 g/mol. The molecular formula is C34H37NO5S. The Kier molecular flexibility index (Phi) is 10.4. The Balaban J connectivity index is 1.48. The van der Waals surface area contributed by atoms with Gasteiger partial charge in [0.25, 0.3) is 5.91 Å². The van der Waals surface area contributed by atoms with Crippen LogP contribution < -0.4 is 5.32 Å². The Morgan fingerprint density at radius 2 is 1.71 bits per heavy atom. The summed E-state index contributed by atoms with van der Waals surface area (Å²) in [5.74, 6) is 1.20. The molecule has 1 amide bonds. The first-order chi connectivity index (χ1) is 19.8. The number of carbonyl (C=O) groups excluding carboxylic acids is 1. The van der Waals surface area contributed by atoms with Crippen molar-refractivity contribution in [3.63, 3.8) is 0 Å². The smallest absolute Gasteiger partial charge is 0.326 e. The minimum Gasteiger partial charge on any atom is -0.480 e. The van der Waals surface area contributed by atoms with Crippen LogP contribution in [-0.2, 0) is 22.7 Å². The predicted octanol–water partition coefficient (Wildman–Crippen LogP) is 7.70. The molecule has 2 N–H and O–H groups in total. The fraction of sp³-hybridized carbons (Fsp3) is 0.294. The van der Waals surface area contributed by atoms with Crippen LogP contribution in [0.4, 0.5) is 0 Å². The molecule has 0 aliphatic carbocycles. The van der Waals surface area contributed by atoms with Crippen molar-refractivity contribution in [2.75, 3.05) is 12.0 Å². The van der Waals surface area contributed by atoms with Crippen molar-refractivity contribution >= 4 is 23.6 Å². The van der Waals surface area contributed by atoms with Gasteiger partial charge in [0.05, 0.1) is 6.61 Å².